The molecule has 2 amide bonds. The van der Waals surface area contributed by atoms with Gasteiger partial charge < -0.3 is 14.8 Å². The lowest BCUT2D eigenvalue weighted by Crippen LogP contribution is -2.47. The van der Waals surface area contributed by atoms with E-state index < -0.39 is 18.0 Å². The molecule has 28 heavy (non-hydrogen) atoms. The third-order valence-corrected chi connectivity index (χ3v) is 4.59. The third kappa shape index (κ3) is 4.14. The molecule has 1 aliphatic heterocycles. The van der Waals surface area contributed by atoms with Crippen LogP contribution in [0.4, 0.5) is 11.4 Å². The Morgan fingerprint density at radius 2 is 1.89 bits per heavy atom. The largest absolute Gasteiger partial charge is 0.482 e. The molecule has 0 saturated heterocycles. The Morgan fingerprint density at radius 1 is 1.14 bits per heavy atom. The normalized spacial score (nSPS) is 14.0. The lowest BCUT2D eigenvalue weighted by atomic mass is 10.1. The van der Waals surface area contributed by atoms with Crippen LogP contribution in [0.15, 0.2) is 42.5 Å². The van der Waals surface area contributed by atoms with Crippen molar-refractivity contribution in [3.63, 3.8) is 0 Å². The highest BCUT2D eigenvalue weighted by Gasteiger charge is 2.31. The molecule has 0 saturated carbocycles. The number of hydrogen-bond donors (Lipinski definition) is 1. The number of carbonyl (C=O) groups excluding carboxylic acids is 3. The van der Waals surface area contributed by atoms with Crippen molar-refractivity contribution in [2.75, 3.05) is 23.4 Å². The van der Waals surface area contributed by atoms with Crippen LogP contribution in [0.25, 0.3) is 0 Å². The Hall–Kier alpha value is -3.35. The summed E-state index contributed by atoms with van der Waals surface area (Å²) in [6.45, 7) is 4.90. The van der Waals surface area contributed by atoms with Crippen LogP contribution in [-0.2, 0) is 19.1 Å². The molecule has 1 heterocycles. The van der Waals surface area contributed by atoms with Gasteiger partial charge in [0, 0.05) is 0 Å². The molecule has 0 unspecified atom stereocenters. The number of para-hydroxylation sites is 2. The first-order chi connectivity index (χ1) is 13.4. The number of anilines is 2. The Balaban J connectivity index is 1.62. The summed E-state index contributed by atoms with van der Waals surface area (Å²) in [6.07, 6.45) is -1.05. The van der Waals surface area contributed by atoms with Crippen molar-refractivity contribution in [2.24, 2.45) is 0 Å². The van der Waals surface area contributed by atoms with E-state index in [0.29, 0.717) is 17.1 Å². The van der Waals surface area contributed by atoms with Gasteiger partial charge in [0.25, 0.3) is 5.91 Å². The number of carbonyl (C=O) groups is 3. The molecule has 2 aromatic carbocycles. The Morgan fingerprint density at radius 3 is 2.68 bits per heavy atom. The van der Waals surface area contributed by atoms with Gasteiger partial charge in [-0.3, -0.25) is 14.5 Å². The van der Waals surface area contributed by atoms with Gasteiger partial charge in [-0.05, 0) is 50.1 Å². The van der Waals surface area contributed by atoms with Crippen molar-refractivity contribution in [3.8, 4) is 5.75 Å². The molecule has 0 spiro atoms. The van der Waals surface area contributed by atoms with E-state index in [2.05, 4.69) is 5.32 Å². The number of fused-ring (bicyclic) bond motifs is 1. The maximum absolute atomic E-state index is 12.7. The highest BCUT2D eigenvalue weighted by Crippen LogP contribution is 2.29. The van der Waals surface area contributed by atoms with Crippen molar-refractivity contribution in [1.29, 1.82) is 0 Å². The van der Waals surface area contributed by atoms with Crippen LogP contribution in [-0.4, -0.2) is 37.0 Å². The van der Waals surface area contributed by atoms with Gasteiger partial charge in [-0.2, -0.15) is 0 Å². The summed E-state index contributed by atoms with van der Waals surface area (Å²) in [7, 11) is 0. The lowest BCUT2D eigenvalue weighted by Gasteiger charge is -2.30. The molecule has 7 heteroatoms. The summed E-state index contributed by atoms with van der Waals surface area (Å²) < 4.78 is 10.7. The second-order valence-corrected chi connectivity index (χ2v) is 6.61. The predicted molar refractivity (Wildman–Crippen MR) is 104 cm³/mol. The van der Waals surface area contributed by atoms with E-state index in [9.17, 15) is 14.4 Å². The standard InChI is InChI=1S/C21H22N2O5/c1-13-7-6-10-18(14(13)2)27-12-20(25)28-15(3)21(26)23-11-19(24)22-16-8-4-5-9-17(16)23/h4-10,15H,11-12H2,1-3H3,(H,22,24)/t15-/m0/s1. The van der Waals surface area contributed by atoms with Crippen LogP contribution in [0.1, 0.15) is 18.1 Å². The Bertz CT molecular complexity index is 925. The van der Waals surface area contributed by atoms with Crippen LogP contribution in [0.3, 0.4) is 0 Å². The number of ether oxygens (including phenoxy) is 2. The van der Waals surface area contributed by atoms with Crippen molar-refractivity contribution >= 4 is 29.2 Å². The van der Waals surface area contributed by atoms with E-state index >= 15 is 0 Å². The maximum Gasteiger partial charge on any atom is 0.344 e. The third-order valence-electron chi connectivity index (χ3n) is 4.59. The van der Waals surface area contributed by atoms with Crippen molar-refractivity contribution in [1.82, 2.24) is 0 Å². The summed E-state index contributed by atoms with van der Waals surface area (Å²) in [5.41, 5.74) is 3.11. The number of esters is 1. The molecule has 0 fully saturated rings. The van der Waals surface area contributed by atoms with Crippen molar-refractivity contribution in [3.05, 3.63) is 53.6 Å². The van der Waals surface area contributed by atoms with Crippen LogP contribution < -0.4 is 15.0 Å². The molecule has 0 aliphatic carbocycles. The molecule has 1 atom stereocenters. The fourth-order valence-electron chi connectivity index (χ4n) is 2.95. The molecule has 7 nitrogen and oxygen atoms in total. The smallest absolute Gasteiger partial charge is 0.344 e. The van der Waals surface area contributed by atoms with Gasteiger partial charge in [-0.15, -0.1) is 0 Å². The molecule has 0 radical (unpaired) electrons. The van der Waals surface area contributed by atoms with Gasteiger partial charge in [-0.25, -0.2) is 4.79 Å². The van der Waals surface area contributed by atoms with E-state index in [4.69, 9.17) is 9.47 Å². The van der Waals surface area contributed by atoms with Gasteiger partial charge >= 0.3 is 5.97 Å². The quantitative estimate of drug-likeness (QED) is 0.804. The van der Waals surface area contributed by atoms with Crippen LogP contribution in [0.5, 0.6) is 5.75 Å². The van der Waals surface area contributed by atoms with Gasteiger partial charge in [0.15, 0.2) is 12.7 Å². The van der Waals surface area contributed by atoms with Crippen molar-refractivity contribution < 1.29 is 23.9 Å². The van der Waals surface area contributed by atoms with Crippen LogP contribution >= 0.6 is 0 Å². The maximum atomic E-state index is 12.7. The molecule has 3 rings (SSSR count). The zero-order chi connectivity index (χ0) is 20.3. The second-order valence-electron chi connectivity index (χ2n) is 6.61. The minimum atomic E-state index is -1.05. The SMILES string of the molecule is Cc1cccc(OCC(=O)O[C@@H](C)C(=O)N2CC(=O)Nc3ccccc32)c1C. The number of benzene rings is 2. The number of aryl methyl sites for hydroxylation is 1. The zero-order valence-electron chi connectivity index (χ0n) is 16.0. The topological polar surface area (TPSA) is 84.9 Å². The predicted octanol–water partition coefficient (Wildman–Crippen LogP) is 2.60. The number of hydrogen-bond acceptors (Lipinski definition) is 5. The fourth-order valence-corrected chi connectivity index (χ4v) is 2.95. The van der Waals surface area contributed by atoms with E-state index in [1.807, 2.05) is 26.0 Å². The van der Waals surface area contributed by atoms with Gasteiger partial charge in [-0.1, -0.05) is 24.3 Å². The Kier molecular flexibility index (Phi) is 5.63. The van der Waals surface area contributed by atoms with Gasteiger partial charge in [0.2, 0.25) is 5.91 Å². The number of nitrogens with one attached hydrogen (secondary N) is 1. The van der Waals surface area contributed by atoms with E-state index in [0.717, 1.165) is 11.1 Å². The minimum Gasteiger partial charge on any atom is -0.482 e. The number of nitrogens with zero attached hydrogens (tertiary/aromatic N) is 1. The highest BCUT2D eigenvalue weighted by molar-refractivity contribution is 6.11. The highest BCUT2D eigenvalue weighted by atomic mass is 16.6. The molecular formula is C21H22N2O5. The van der Waals surface area contributed by atoms with E-state index in [1.54, 1.807) is 30.3 Å². The number of amides is 2. The first-order valence-electron chi connectivity index (χ1n) is 8.95. The molecule has 1 N–H and O–H groups in total. The van der Waals surface area contributed by atoms with Crippen LogP contribution in [0.2, 0.25) is 0 Å². The summed E-state index contributed by atoms with van der Waals surface area (Å²) in [4.78, 5) is 38.1. The van der Waals surface area contributed by atoms with Gasteiger partial charge in [0.05, 0.1) is 11.4 Å². The molecule has 0 bridgehead atoms. The molecule has 146 valence electrons. The first kappa shape index (κ1) is 19.4. The minimum absolute atomic E-state index is 0.128. The van der Waals surface area contributed by atoms with E-state index in [1.165, 1.54) is 11.8 Å². The summed E-state index contributed by atoms with van der Waals surface area (Å²) >= 11 is 0. The second kappa shape index (κ2) is 8.12. The molecule has 1 aliphatic rings. The summed E-state index contributed by atoms with van der Waals surface area (Å²) in [5, 5.41) is 2.71. The number of rotatable bonds is 5. The summed E-state index contributed by atoms with van der Waals surface area (Å²) in [5.74, 6) is -0.833. The fraction of sp³-hybridized carbons (Fsp3) is 0.286. The zero-order valence-corrected chi connectivity index (χ0v) is 16.0. The molecular weight excluding hydrogens is 360 g/mol. The lowest BCUT2D eigenvalue weighted by molar-refractivity contribution is -0.155. The van der Waals surface area contributed by atoms with Crippen molar-refractivity contribution in [2.45, 2.75) is 26.9 Å². The molecule has 0 aromatic heterocycles. The monoisotopic (exact) mass is 382 g/mol. The Labute approximate surface area is 163 Å². The van der Waals surface area contributed by atoms with Crippen LogP contribution in [0, 0.1) is 13.8 Å². The van der Waals surface area contributed by atoms with E-state index in [-0.39, 0.29) is 19.1 Å². The average Bonchev–Trinajstić information content (AvgIpc) is 2.67. The average molecular weight is 382 g/mol. The van der Waals surface area contributed by atoms with Gasteiger partial charge in [0.1, 0.15) is 12.3 Å². The molecule has 2 aromatic rings. The summed E-state index contributed by atoms with van der Waals surface area (Å²) in [6, 6.07) is 12.5. The first-order valence-corrected chi connectivity index (χ1v) is 8.95.